The summed E-state index contributed by atoms with van der Waals surface area (Å²) >= 11 is 3.39. The zero-order valence-corrected chi connectivity index (χ0v) is 14.6. The monoisotopic (exact) mass is 359 g/mol. The van der Waals surface area contributed by atoms with Crippen molar-refractivity contribution in [3.05, 3.63) is 48.0 Å². The molecule has 0 spiro atoms. The number of ether oxygens (including phenoxy) is 1. The van der Waals surface area contributed by atoms with E-state index < -0.39 is 12.0 Å². The Morgan fingerprint density at radius 2 is 1.67 bits per heavy atom. The molecule has 2 aliphatic rings. The summed E-state index contributed by atoms with van der Waals surface area (Å²) in [5, 5.41) is 9.88. The molecule has 1 N–H and O–H groups in total. The summed E-state index contributed by atoms with van der Waals surface area (Å²) in [5.41, 5.74) is 0.883. The second-order valence-electron chi connectivity index (χ2n) is 5.71. The lowest BCUT2D eigenvalue weighted by atomic mass is 10.0. The molecule has 4 rings (SSSR count). The first-order valence-electron chi connectivity index (χ1n) is 7.86. The van der Waals surface area contributed by atoms with Crippen molar-refractivity contribution in [2.45, 2.75) is 25.6 Å². The lowest BCUT2D eigenvalue weighted by molar-refractivity contribution is -0.145. The van der Waals surface area contributed by atoms with Crippen LogP contribution in [0.25, 0.3) is 0 Å². The predicted molar refractivity (Wildman–Crippen MR) is 93.9 cm³/mol. The van der Waals surface area contributed by atoms with Crippen LogP contribution in [0.2, 0.25) is 0 Å². The summed E-state index contributed by atoms with van der Waals surface area (Å²) in [6.45, 7) is 2.47. The number of hydrogen-bond acceptors (Lipinski definition) is 5. The smallest absolute Gasteiger partial charge is 0.325 e. The van der Waals surface area contributed by atoms with Crippen molar-refractivity contribution in [3.63, 3.8) is 0 Å². The predicted octanol–water partition coefficient (Wildman–Crippen LogP) is 3.76. The van der Waals surface area contributed by atoms with Gasteiger partial charge in [0.05, 0.1) is 13.2 Å². The van der Waals surface area contributed by atoms with E-state index in [0.29, 0.717) is 26.3 Å². The number of hydrogen-bond donors (Lipinski definition) is 1. The van der Waals surface area contributed by atoms with Crippen molar-refractivity contribution in [2.75, 3.05) is 26.3 Å². The molecular weight excluding hydrogens is 342 g/mol. The lowest BCUT2D eigenvalue weighted by Gasteiger charge is -2.33. The first kappa shape index (κ1) is 16.0. The van der Waals surface area contributed by atoms with Gasteiger partial charge in [-0.25, -0.2) is 0 Å². The van der Waals surface area contributed by atoms with Crippen LogP contribution in [-0.4, -0.2) is 42.3 Å². The molecule has 0 amide bonds. The summed E-state index contributed by atoms with van der Waals surface area (Å²) in [5.74, 6) is -0.797. The van der Waals surface area contributed by atoms with E-state index in [1.165, 1.54) is 9.79 Å². The number of morpholine rings is 1. The molecule has 0 bridgehead atoms. The van der Waals surface area contributed by atoms with Gasteiger partial charge in [0.15, 0.2) is 0 Å². The first-order valence-corrected chi connectivity index (χ1v) is 9.49. The Kier molecular flexibility index (Phi) is 4.54. The van der Waals surface area contributed by atoms with E-state index in [1.54, 1.807) is 23.5 Å². The largest absolute Gasteiger partial charge is 0.480 e. The van der Waals surface area contributed by atoms with Crippen LogP contribution in [0.15, 0.2) is 62.0 Å². The normalized spacial score (nSPS) is 18.5. The van der Waals surface area contributed by atoms with Crippen LogP contribution in [0.5, 0.6) is 0 Å². The van der Waals surface area contributed by atoms with Crippen molar-refractivity contribution in [2.24, 2.45) is 0 Å². The van der Waals surface area contributed by atoms with Gasteiger partial charge in [-0.3, -0.25) is 9.69 Å². The average molecular weight is 359 g/mol. The molecular formula is C18H17NO3S2. The van der Waals surface area contributed by atoms with Crippen molar-refractivity contribution in [3.8, 4) is 0 Å². The van der Waals surface area contributed by atoms with Crippen LogP contribution in [0.3, 0.4) is 0 Å². The third-order valence-corrected chi connectivity index (χ3v) is 6.86. The molecule has 2 aromatic rings. The highest BCUT2D eigenvalue weighted by Crippen LogP contribution is 2.51. The molecule has 0 radical (unpaired) electrons. The number of carboxylic acids is 1. The maximum atomic E-state index is 12.0. The van der Waals surface area contributed by atoms with Crippen LogP contribution < -0.4 is 0 Å². The molecule has 2 aromatic carbocycles. The Morgan fingerprint density at radius 3 is 2.38 bits per heavy atom. The van der Waals surface area contributed by atoms with E-state index in [1.807, 2.05) is 29.2 Å². The maximum Gasteiger partial charge on any atom is 0.325 e. The van der Waals surface area contributed by atoms with Crippen LogP contribution >= 0.6 is 23.5 Å². The van der Waals surface area contributed by atoms with Crippen LogP contribution in [0.1, 0.15) is 11.6 Å². The Morgan fingerprint density at radius 1 is 1.00 bits per heavy atom. The highest BCUT2D eigenvalue weighted by Gasteiger charge is 2.32. The van der Waals surface area contributed by atoms with Gasteiger partial charge in [0.1, 0.15) is 6.04 Å². The van der Waals surface area contributed by atoms with E-state index in [2.05, 4.69) is 18.2 Å². The molecule has 1 atom stereocenters. The summed E-state index contributed by atoms with van der Waals surface area (Å²) in [7, 11) is 0. The van der Waals surface area contributed by atoms with Gasteiger partial charge in [-0.05, 0) is 23.8 Å². The lowest BCUT2D eigenvalue weighted by Crippen LogP contribution is -2.42. The SMILES string of the molecule is O=C(O)[C@@H](c1cccc2c1Sc1ccccc1S2)N1CCOCC1. The molecule has 2 heterocycles. The Hall–Kier alpha value is -1.47. The number of carboxylic acid groups (broad SMARTS) is 1. The second kappa shape index (κ2) is 6.80. The van der Waals surface area contributed by atoms with E-state index in [9.17, 15) is 9.90 Å². The molecule has 0 aromatic heterocycles. The molecule has 0 aliphatic carbocycles. The average Bonchev–Trinajstić information content (AvgIpc) is 2.61. The van der Waals surface area contributed by atoms with Gasteiger partial charge in [-0.2, -0.15) is 0 Å². The fourth-order valence-corrected chi connectivity index (χ4v) is 5.52. The number of carbonyl (C=O) groups is 1. The molecule has 1 saturated heterocycles. The highest BCUT2D eigenvalue weighted by molar-refractivity contribution is 8.05. The molecule has 1 fully saturated rings. The Bertz CT molecular complexity index is 775. The van der Waals surface area contributed by atoms with Gasteiger partial charge in [0, 0.05) is 32.7 Å². The van der Waals surface area contributed by atoms with Crippen LogP contribution in [0.4, 0.5) is 0 Å². The van der Waals surface area contributed by atoms with Gasteiger partial charge in [0.2, 0.25) is 0 Å². The van der Waals surface area contributed by atoms with Crippen molar-refractivity contribution in [1.29, 1.82) is 0 Å². The number of benzene rings is 2. The van der Waals surface area contributed by atoms with E-state index in [4.69, 9.17) is 4.74 Å². The molecule has 2 aliphatic heterocycles. The Balaban J connectivity index is 1.75. The van der Waals surface area contributed by atoms with Crippen molar-refractivity contribution < 1.29 is 14.6 Å². The molecule has 24 heavy (non-hydrogen) atoms. The second-order valence-corrected chi connectivity index (χ2v) is 7.85. The van der Waals surface area contributed by atoms with Crippen molar-refractivity contribution >= 4 is 29.5 Å². The quantitative estimate of drug-likeness (QED) is 0.768. The van der Waals surface area contributed by atoms with Crippen molar-refractivity contribution in [1.82, 2.24) is 4.90 Å². The summed E-state index contributed by atoms with van der Waals surface area (Å²) in [6, 6.07) is 13.6. The standard InChI is InChI=1S/C18H17NO3S2/c20-18(21)16(19-8-10-22-11-9-19)12-4-3-7-15-17(12)24-14-6-2-1-5-13(14)23-15/h1-7,16H,8-11H2,(H,20,21)/t16-/m1/s1. The number of fused-ring (bicyclic) bond motifs is 2. The van der Waals surface area contributed by atoms with Gasteiger partial charge in [-0.1, -0.05) is 47.8 Å². The van der Waals surface area contributed by atoms with E-state index in [-0.39, 0.29) is 0 Å². The van der Waals surface area contributed by atoms with Crippen LogP contribution in [0, 0.1) is 0 Å². The molecule has 6 heteroatoms. The minimum Gasteiger partial charge on any atom is -0.480 e. The third kappa shape index (κ3) is 2.95. The minimum atomic E-state index is -0.797. The number of nitrogens with zero attached hydrogens (tertiary/aromatic N) is 1. The summed E-state index contributed by atoms with van der Waals surface area (Å²) < 4.78 is 5.38. The van der Waals surface area contributed by atoms with Gasteiger partial charge < -0.3 is 9.84 Å². The number of aliphatic carboxylic acids is 1. The first-order chi connectivity index (χ1) is 11.7. The fraction of sp³-hybridized carbons (Fsp3) is 0.278. The van der Waals surface area contributed by atoms with Gasteiger partial charge in [0.25, 0.3) is 0 Å². The third-order valence-electron chi connectivity index (χ3n) is 4.23. The molecule has 124 valence electrons. The fourth-order valence-electron chi connectivity index (χ4n) is 3.11. The van der Waals surface area contributed by atoms with Crippen LogP contribution in [-0.2, 0) is 9.53 Å². The zero-order chi connectivity index (χ0) is 16.5. The van der Waals surface area contributed by atoms with Gasteiger partial charge >= 0.3 is 5.97 Å². The number of rotatable bonds is 3. The van der Waals surface area contributed by atoms with E-state index in [0.717, 1.165) is 15.4 Å². The Labute approximate surface area is 149 Å². The highest BCUT2D eigenvalue weighted by atomic mass is 32.2. The minimum absolute atomic E-state index is 0.587. The topological polar surface area (TPSA) is 49.8 Å². The van der Waals surface area contributed by atoms with Gasteiger partial charge in [-0.15, -0.1) is 0 Å². The summed E-state index contributed by atoms with van der Waals surface area (Å²) in [4.78, 5) is 18.7. The zero-order valence-electron chi connectivity index (χ0n) is 13.0. The molecule has 0 saturated carbocycles. The van der Waals surface area contributed by atoms with E-state index >= 15 is 0 Å². The molecule has 0 unspecified atom stereocenters. The molecule has 4 nitrogen and oxygen atoms in total. The summed E-state index contributed by atoms with van der Waals surface area (Å²) in [6.07, 6.45) is 0. The maximum absolute atomic E-state index is 12.0.